The number of alkyl halides is 2. The van der Waals surface area contributed by atoms with E-state index in [0.29, 0.717) is 11.8 Å². The molecule has 152 valence electrons. The summed E-state index contributed by atoms with van der Waals surface area (Å²) in [6, 6.07) is 15.8. The minimum absolute atomic E-state index is 0.169. The third-order valence-corrected chi connectivity index (χ3v) is 6.49. The third kappa shape index (κ3) is 6.60. The van der Waals surface area contributed by atoms with Crippen molar-refractivity contribution < 1.29 is 4.79 Å². The van der Waals surface area contributed by atoms with Crippen LogP contribution in [0.1, 0.15) is 5.56 Å². The minimum atomic E-state index is -0.169. The molecule has 0 unspecified atom stereocenters. The van der Waals surface area contributed by atoms with Gasteiger partial charge < -0.3 is 4.90 Å². The number of amides is 1. The monoisotopic (exact) mass is 466 g/mol. The molecule has 9 heteroatoms. The van der Waals surface area contributed by atoms with Gasteiger partial charge in [-0.3, -0.25) is 4.79 Å². The molecule has 1 N–H and O–H groups in total. The summed E-state index contributed by atoms with van der Waals surface area (Å²) >= 11 is 14.7. The average molecular weight is 467 g/mol. The highest BCUT2D eigenvalue weighted by Gasteiger charge is 2.07. The highest BCUT2D eigenvalue weighted by Crippen LogP contribution is 2.29. The summed E-state index contributed by atoms with van der Waals surface area (Å²) in [5.41, 5.74) is 5.46. The number of aromatic nitrogens is 1. The molecule has 0 saturated heterocycles. The number of anilines is 1. The zero-order chi connectivity index (χ0) is 20.5. The normalized spacial score (nSPS) is 11.2. The maximum absolute atomic E-state index is 12.0. The molecule has 0 radical (unpaired) electrons. The smallest absolute Gasteiger partial charge is 0.250 e. The summed E-state index contributed by atoms with van der Waals surface area (Å²) in [5.74, 6) is 1.18. The van der Waals surface area contributed by atoms with E-state index in [0.717, 1.165) is 38.9 Å². The molecular formula is C20H20Cl2N4OS2. The molecule has 0 aliphatic heterocycles. The molecule has 0 fully saturated rings. The highest BCUT2D eigenvalue weighted by molar-refractivity contribution is 8.01. The van der Waals surface area contributed by atoms with E-state index >= 15 is 0 Å². The van der Waals surface area contributed by atoms with Crippen LogP contribution in [0.5, 0.6) is 0 Å². The molecule has 1 amide bonds. The predicted octanol–water partition coefficient (Wildman–Crippen LogP) is 4.82. The van der Waals surface area contributed by atoms with Gasteiger partial charge in [0.05, 0.1) is 22.2 Å². The van der Waals surface area contributed by atoms with Crippen LogP contribution in [-0.2, 0) is 4.79 Å². The van der Waals surface area contributed by atoms with E-state index in [-0.39, 0.29) is 11.7 Å². The average Bonchev–Trinajstić information content (AvgIpc) is 3.16. The summed E-state index contributed by atoms with van der Waals surface area (Å²) in [5, 5.41) is 4.03. The lowest BCUT2D eigenvalue weighted by atomic mass is 10.2. The second-order valence-electron chi connectivity index (χ2n) is 5.99. The number of carbonyl (C=O) groups excluding carboxylic acids is 1. The van der Waals surface area contributed by atoms with Gasteiger partial charge in [0.1, 0.15) is 0 Å². The third-order valence-electron chi connectivity index (χ3n) is 3.97. The molecule has 3 rings (SSSR count). The predicted molar refractivity (Wildman–Crippen MR) is 126 cm³/mol. The maximum Gasteiger partial charge on any atom is 0.250 e. The summed E-state index contributed by atoms with van der Waals surface area (Å²) in [4.78, 5) is 18.6. The first-order valence-corrected chi connectivity index (χ1v) is 11.8. The Kier molecular flexibility index (Phi) is 8.61. The molecule has 2 aromatic carbocycles. The lowest BCUT2D eigenvalue weighted by molar-refractivity contribution is -0.118. The van der Waals surface area contributed by atoms with Crippen molar-refractivity contribution in [3.05, 3.63) is 54.1 Å². The number of thioether (sulfide) groups is 1. The van der Waals surface area contributed by atoms with Crippen LogP contribution >= 0.6 is 46.3 Å². The van der Waals surface area contributed by atoms with Crippen LogP contribution in [0.2, 0.25) is 0 Å². The number of hydrogen-bond donors (Lipinski definition) is 1. The van der Waals surface area contributed by atoms with Gasteiger partial charge in [-0.2, -0.15) is 5.10 Å². The van der Waals surface area contributed by atoms with Crippen molar-refractivity contribution in [2.45, 2.75) is 4.34 Å². The van der Waals surface area contributed by atoms with Crippen molar-refractivity contribution in [1.29, 1.82) is 0 Å². The molecule has 0 saturated carbocycles. The second-order valence-corrected chi connectivity index (χ2v) is 8.99. The van der Waals surface area contributed by atoms with Crippen molar-refractivity contribution in [2.75, 3.05) is 35.5 Å². The number of thiazole rings is 1. The zero-order valence-corrected chi connectivity index (χ0v) is 18.7. The summed E-state index contributed by atoms with van der Waals surface area (Å²) < 4.78 is 1.99. The Hall–Kier alpha value is -1.80. The number of hydrazone groups is 1. The van der Waals surface area contributed by atoms with E-state index < -0.39 is 0 Å². The van der Waals surface area contributed by atoms with Gasteiger partial charge in [-0.05, 0) is 29.8 Å². The number of nitrogens with one attached hydrogen (secondary N) is 1. The number of nitrogens with zero attached hydrogens (tertiary/aromatic N) is 3. The fourth-order valence-corrected chi connectivity index (χ4v) is 4.87. The van der Waals surface area contributed by atoms with E-state index in [9.17, 15) is 4.79 Å². The lowest BCUT2D eigenvalue weighted by Gasteiger charge is -2.22. The van der Waals surface area contributed by atoms with E-state index in [1.165, 1.54) is 11.8 Å². The molecule has 0 atom stereocenters. The summed E-state index contributed by atoms with van der Waals surface area (Å²) in [7, 11) is 0. The molecule has 0 aliphatic carbocycles. The van der Waals surface area contributed by atoms with Crippen LogP contribution in [0.25, 0.3) is 10.2 Å². The van der Waals surface area contributed by atoms with Gasteiger partial charge in [-0.15, -0.1) is 34.5 Å². The van der Waals surface area contributed by atoms with Gasteiger partial charge in [0, 0.05) is 30.5 Å². The van der Waals surface area contributed by atoms with Crippen LogP contribution in [0.4, 0.5) is 5.69 Å². The van der Waals surface area contributed by atoms with E-state index in [4.69, 9.17) is 23.2 Å². The quantitative estimate of drug-likeness (QED) is 0.201. The number of carbonyl (C=O) groups is 1. The van der Waals surface area contributed by atoms with Gasteiger partial charge in [0.25, 0.3) is 5.91 Å². The van der Waals surface area contributed by atoms with Crippen molar-refractivity contribution in [3.63, 3.8) is 0 Å². The van der Waals surface area contributed by atoms with Crippen molar-refractivity contribution in [3.8, 4) is 0 Å². The number of halogens is 2. The van der Waals surface area contributed by atoms with Crippen LogP contribution in [0, 0.1) is 0 Å². The van der Waals surface area contributed by atoms with Gasteiger partial charge in [0.2, 0.25) is 0 Å². The number of benzene rings is 2. The van der Waals surface area contributed by atoms with Gasteiger partial charge in [-0.1, -0.05) is 36.0 Å². The Morgan fingerprint density at radius 1 is 1.14 bits per heavy atom. The molecule has 29 heavy (non-hydrogen) atoms. The van der Waals surface area contributed by atoms with Crippen molar-refractivity contribution in [2.24, 2.45) is 5.10 Å². The first kappa shape index (κ1) is 21.9. The molecule has 3 aromatic rings. The standard InChI is InChI=1S/C20H20Cl2N4OS2/c21-9-11-26(12-10-22)16-7-5-15(6-8-16)13-23-25-19(27)14-28-20-24-17-3-1-2-4-18(17)29-20/h1-8,13H,9-12,14H2,(H,25,27)/b23-13-. The fraction of sp³-hybridized carbons (Fsp3) is 0.250. The van der Waals surface area contributed by atoms with E-state index in [2.05, 4.69) is 20.4 Å². The first-order chi connectivity index (χ1) is 14.2. The van der Waals surface area contributed by atoms with E-state index in [1.54, 1.807) is 17.6 Å². The Bertz CT molecular complexity index is 924. The van der Waals surface area contributed by atoms with Crippen LogP contribution < -0.4 is 10.3 Å². The molecule has 5 nitrogen and oxygen atoms in total. The second kappa shape index (κ2) is 11.4. The molecule has 0 aliphatic rings. The van der Waals surface area contributed by atoms with Crippen molar-refractivity contribution >= 4 is 74.3 Å². The number of rotatable bonds is 10. The molecule has 0 spiro atoms. The maximum atomic E-state index is 12.0. The number of fused-ring (bicyclic) bond motifs is 1. The molecule has 0 bridgehead atoms. The topological polar surface area (TPSA) is 57.6 Å². The Morgan fingerprint density at radius 3 is 2.55 bits per heavy atom. The van der Waals surface area contributed by atoms with Crippen molar-refractivity contribution in [1.82, 2.24) is 10.4 Å². The Morgan fingerprint density at radius 2 is 1.86 bits per heavy atom. The van der Waals surface area contributed by atoms with Crippen LogP contribution in [0.15, 0.2) is 58.0 Å². The zero-order valence-electron chi connectivity index (χ0n) is 15.6. The first-order valence-electron chi connectivity index (χ1n) is 8.97. The van der Waals surface area contributed by atoms with Gasteiger partial charge >= 0.3 is 0 Å². The molecule has 1 heterocycles. The molecular weight excluding hydrogens is 447 g/mol. The SMILES string of the molecule is O=C(CSc1nc2ccccc2s1)N/N=C\c1ccc(N(CCCl)CCCl)cc1. The van der Waals surface area contributed by atoms with E-state index in [1.807, 2.05) is 48.5 Å². The fourth-order valence-electron chi connectivity index (χ4n) is 2.60. The molecule has 1 aromatic heterocycles. The van der Waals surface area contributed by atoms with Gasteiger partial charge in [-0.25, -0.2) is 10.4 Å². The van der Waals surface area contributed by atoms with Crippen LogP contribution in [-0.4, -0.2) is 47.7 Å². The van der Waals surface area contributed by atoms with Crippen LogP contribution in [0.3, 0.4) is 0 Å². The van der Waals surface area contributed by atoms with Gasteiger partial charge in [0.15, 0.2) is 4.34 Å². The summed E-state index contributed by atoms with van der Waals surface area (Å²) in [6.07, 6.45) is 1.62. The minimum Gasteiger partial charge on any atom is -0.369 e. The lowest BCUT2D eigenvalue weighted by Crippen LogP contribution is -2.27. The highest BCUT2D eigenvalue weighted by atomic mass is 35.5. The largest absolute Gasteiger partial charge is 0.369 e. The number of hydrogen-bond acceptors (Lipinski definition) is 6. The summed E-state index contributed by atoms with van der Waals surface area (Å²) in [6.45, 7) is 1.48. The Balaban J connectivity index is 1.47. The Labute approximate surface area is 188 Å². The number of para-hydroxylation sites is 1.